The molecule has 2 aromatic rings. The van der Waals surface area contributed by atoms with E-state index in [0.717, 1.165) is 30.4 Å². The molecule has 29 heavy (non-hydrogen) atoms. The van der Waals surface area contributed by atoms with Gasteiger partial charge in [0.05, 0.1) is 5.41 Å². The molecule has 2 aromatic carbocycles. The molecule has 2 nitrogen and oxygen atoms in total. The summed E-state index contributed by atoms with van der Waals surface area (Å²) in [6.07, 6.45) is 5.15. The van der Waals surface area contributed by atoms with Crippen molar-refractivity contribution in [3.05, 3.63) is 82.9 Å². The molecule has 1 saturated carbocycles. The van der Waals surface area contributed by atoms with Crippen LogP contribution in [0, 0.1) is 17.8 Å². The lowest BCUT2D eigenvalue weighted by Gasteiger charge is -2.52. The van der Waals surface area contributed by atoms with Gasteiger partial charge in [-0.05, 0) is 48.4 Å². The second-order valence-electron chi connectivity index (χ2n) is 9.29. The second kappa shape index (κ2) is 6.26. The zero-order valence-corrected chi connectivity index (χ0v) is 17.4. The summed E-state index contributed by atoms with van der Waals surface area (Å²) >= 11 is 0. The highest BCUT2D eigenvalue weighted by Gasteiger charge is 2.71. The molecule has 0 N–H and O–H groups in total. The van der Waals surface area contributed by atoms with Crippen LogP contribution in [0.3, 0.4) is 0 Å². The van der Waals surface area contributed by atoms with Gasteiger partial charge in [-0.15, -0.1) is 0 Å². The lowest BCUT2D eigenvalue weighted by atomic mass is 9.48. The Morgan fingerprint density at radius 2 is 1.59 bits per heavy atom. The van der Waals surface area contributed by atoms with Crippen molar-refractivity contribution in [1.29, 1.82) is 0 Å². The van der Waals surface area contributed by atoms with Gasteiger partial charge in [0, 0.05) is 17.3 Å². The number of hydrogen-bond donors (Lipinski definition) is 0. The third-order valence-corrected chi connectivity index (χ3v) is 7.96. The number of ketones is 2. The van der Waals surface area contributed by atoms with Crippen molar-refractivity contribution in [3.8, 4) is 0 Å². The molecule has 1 fully saturated rings. The molecule has 0 amide bonds. The van der Waals surface area contributed by atoms with Crippen LogP contribution >= 0.6 is 0 Å². The average molecular weight is 385 g/mol. The molecule has 0 radical (unpaired) electrons. The van der Waals surface area contributed by atoms with Crippen LogP contribution in [0.25, 0.3) is 0 Å². The van der Waals surface area contributed by atoms with Gasteiger partial charge in [0.25, 0.3) is 0 Å². The van der Waals surface area contributed by atoms with Crippen molar-refractivity contribution in [2.75, 3.05) is 0 Å². The quantitative estimate of drug-likeness (QED) is 0.708. The summed E-state index contributed by atoms with van der Waals surface area (Å²) in [6, 6.07) is 18.9. The van der Waals surface area contributed by atoms with Crippen LogP contribution in [-0.4, -0.2) is 11.6 Å². The molecular formula is C27H28O2. The first-order chi connectivity index (χ1) is 14.0. The molecule has 0 spiro atoms. The highest BCUT2D eigenvalue weighted by atomic mass is 16.1. The van der Waals surface area contributed by atoms with Crippen molar-refractivity contribution in [2.45, 2.75) is 50.9 Å². The van der Waals surface area contributed by atoms with E-state index in [1.165, 1.54) is 11.1 Å². The molecule has 5 atom stereocenters. The Morgan fingerprint density at radius 1 is 0.931 bits per heavy atom. The number of fused-ring (bicyclic) bond motifs is 3. The average Bonchev–Trinajstić information content (AvgIpc) is 2.95. The van der Waals surface area contributed by atoms with E-state index in [-0.39, 0.29) is 29.3 Å². The van der Waals surface area contributed by atoms with E-state index in [1.54, 1.807) is 0 Å². The number of rotatable bonds is 4. The normalized spacial score (nSPS) is 34.7. The lowest BCUT2D eigenvalue weighted by molar-refractivity contribution is -0.129. The van der Waals surface area contributed by atoms with Crippen LogP contribution < -0.4 is 0 Å². The fourth-order valence-electron chi connectivity index (χ4n) is 6.79. The van der Waals surface area contributed by atoms with Crippen molar-refractivity contribution >= 4 is 11.6 Å². The molecule has 0 saturated heterocycles. The fourth-order valence-corrected chi connectivity index (χ4v) is 6.79. The van der Waals surface area contributed by atoms with Crippen molar-refractivity contribution in [3.63, 3.8) is 0 Å². The fraction of sp³-hybridized carbons (Fsp3) is 0.407. The summed E-state index contributed by atoms with van der Waals surface area (Å²) in [5.41, 5.74) is 3.16. The monoisotopic (exact) mass is 384 g/mol. The van der Waals surface area contributed by atoms with E-state index in [9.17, 15) is 9.59 Å². The summed E-state index contributed by atoms with van der Waals surface area (Å²) < 4.78 is 0. The maximum Gasteiger partial charge on any atom is 0.163 e. The van der Waals surface area contributed by atoms with Gasteiger partial charge >= 0.3 is 0 Å². The Kier molecular flexibility index (Phi) is 4.00. The standard InChI is InChI=1S/C27H28O2/c1-4-5-13-19-22-23-24(28)17(2)16-27(22,18-11-7-6-8-12-18)21-15-10-9-14-20(21)26(23,3)25(19)29/h6-12,14-16,19,22-23H,4-5,13H2,1-3H3/t19-,22+,23-,26+,27-/m0/s1. The van der Waals surface area contributed by atoms with E-state index in [2.05, 4.69) is 55.5 Å². The van der Waals surface area contributed by atoms with Crippen molar-refractivity contribution < 1.29 is 9.59 Å². The van der Waals surface area contributed by atoms with Crippen molar-refractivity contribution in [1.82, 2.24) is 0 Å². The van der Waals surface area contributed by atoms with Crippen LogP contribution in [0.5, 0.6) is 0 Å². The van der Waals surface area contributed by atoms with E-state index >= 15 is 0 Å². The Bertz CT molecular complexity index is 1030. The predicted molar refractivity (Wildman–Crippen MR) is 115 cm³/mol. The van der Waals surface area contributed by atoms with Crippen LogP contribution in [0.1, 0.15) is 56.7 Å². The molecule has 5 rings (SSSR count). The Labute approximate surface area is 173 Å². The molecular weight excluding hydrogens is 356 g/mol. The van der Waals surface area contributed by atoms with Crippen LogP contribution in [0.15, 0.2) is 66.2 Å². The minimum Gasteiger partial charge on any atom is -0.298 e. The third kappa shape index (κ3) is 2.12. The largest absolute Gasteiger partial charge is 0.298 e. The van der Waals surface area contributed by atoms with E-state index in [4.69, 9.17) is 0 Å². The van der Waals surface area contributed by atoms with Gasteiger partial charge in [-0.1, -0.05) is 80.4 Å². The zero-order chi connectivity index (χ0) is 20.4. The van der Waals surface area contributed by atoms with Gasteiger partial charge in [-0.3, -0.25) is 9.59 Å². The number of benzene rings is 2. The minimum atomic E-state index is -0.718. The number of carbonyl (C=O) groups is 2. The SMILES string of the molecule is CCCC[C@@H]1C(=O)[C@]2(C)c3ccccc3[C@@]3(c4ccccc4)C=C(C)C(=O)[C@@H]2[C@@H]13. The Balaban J connectivity index is 1.90. The van der Waals surface area contributed by atoms with E-state index in [1.807, 2.05) is 26.0 Å². The van der Waals surface area contributed by atoms with E-state index < -0.39 is 10.8 Å². The van der Waals surface area contributed by atoms with E-state index in [0.29, 0.717) is 0 Å². The summed E-state index contributed by atoms with van der Waals surface area (Å²) in [4.78, 5) is 27.5. The van der Waals surface area contributed by atoms with Crippen LogP contribution in [0.2, 0.25) is 0 Å². The van der Waals surface area contributed by atoms with Gasteiger partial charge in [-0.2, -0.15) is 0 Å². The molecule has 0 aliphatic heterocycles. The van der Waals surface area contributed by atoms with Crippen LogP contribution in [-0.2, 0) is 20.4 Å². The zero-order valence-electron chi connectivity index (χ0n) is 17.4. The highest BCUT2D eigenvalue weighted by Crippen LogP contribution is 2.67. The van der Waals surface area contributed by atoms with Crippen molar-refractivity contribution in [2.24, 2.45) is 17.8 Å². The number of carbonyl (C=O) groups excluding carboxylic acids is 2. The Hall–Kier alpha value is -2.48. The summed E-state index contributed by atoms with van der Waals surface area (Å²) in [5, 5.41) is 0. The summed E-state index contributed by atoms with van der Waals surface area (Å²) in [6.45, 7) is 6.16. The molecule has 3 aliphatic rings. The first-order valence-corrected chi connectivity index (χ1v) is 10.9. The summed E-state index contributed by atoms with van der Waals surface area (Å²) in [5.74, 6) is 0.108. The van der Waals surface area contributed by atoms with Gasteiger partial charge in [-0.25, -0.2) is 0 Å². The number of Topliss-reactive ketones (excluding diaryl/α,β-unsaturated/α-hetero) is 2. The minimum absolute atomic E-state index is 0.0000463. The molecule has 2 heteroatoms. The third-order valence-electron chi connectivity index (χ3n) is 7.96. The summed E-state index contributed by atoms with van der Waals surface area (Å²) in [7, 11) is 0. The number of allylic oxidation sites excluding steroid dienone is 2. The molecule has 4 bridgehead atoms. The molecule has 3 aliphatic carbocycles. The molecule has 0 heterocycles. The maximum absolute atomic E-state index is 14.0. The molecule has 0 aromatic heterocycles. The second-order valence-corrected chi connectivity index (χ2v) is 9.29. The highest BCUT2D eigenvalue weighted by molar-refractivity contribution is 6.10. The van der Waals surface area contributed by atoms with Gasteiger partial charge < -0.3 is 0 Å². The first kappa shape index (κ1) is 18.5. The Morgan fingerprint density at radius 3 is 2.28 bits per heavy atom. The molecule has 0 unspecified atom stereocenters. The first-order valence-electron chi connectivity index (χ1n) is 10.9. The maximum atomic E-state index is 14.0. The lowest BCUT2D eigenvalue weighted by Crippen LogP contribution is -2.54. The topological polar surface area (TPSA) is 34.1 Å². The smallest absolute Gasteiger partial charge is 0.163 e. The van der Waals surface area contributed by atoms with Gasteiger partial charge in [0.15, 0.2) is 5.78 Å². The van der Waals surface area contributed by atoms with Gasteiger partial charge in [0.2, 0.25) is 0 Å². The predicted octanol–water partition coefficient (Wildman–Crippen LogP) is 5.39. The van der Waals surface area contributed by atoms with Gasteiger partial charge in [0.1, 0.15) is 5.78 Å². The molecule has 148 valence electrons. The number of unbranched alkanes of at least 4 members (excludes halogenated alkanes) is 1. The number of hydrogen-bond acceptors (Lipinski definition) is 2. The van der Waals surface area contributed by atoms with Crippen LogP contribution in [0.4, 0.5) is 0 Å².